The second kappa shape index (κ2) is 8.24. The quantitative estimate of drug-likeness (QED) is 0.877. The van der Waals surface area contributed by atoms with E-state index in [0.29, 0.717) is 0 Å². The average Bonchev–Trinajstić information content (AvgIpc) is 2.57. The number of carbonyl (C=O) groups is 2. The number of nitrogens with zero attached hydrogens (tertiary/aromatic N) is 1. The van der Waals surface area contributed by atoms with Crippen molar-refractivity contribution in [1.82, 2.24) is 0 Å². The standard InChI is InChI=1S/C19H21FN2O2/c1-3-15-8-4-7-11-18(15)22(14(2)23)13-12-19(24)21-17-10-6-5-9-16(17)20/h4-11H,3,12-13H2,1-2H3,(H,21,24). The van der Waals surface area contributed by atoms with Gasteiger partial charge in [0, 0.05) is 25.6 Å². The first-order chi connectivity index (χ1) is 11.5. The molecule has 0 heterocycles. The molecule has 0 saturated carbocycles. The molecule has 0 unspecified atom stereocenters. The van der Waals surface area contributed by atoms with Crippen LogP contribution in [-0.2, 0) is 16.0 Å². The lowest BCUT2D eigenvalue weighted by Crippen LogP contribution is -2.32. The SMILES string of the molecule is CCc1ccccc1N(CCC(=O)Nc1ccccc1F)C(C)=O. The van der Waals surface area contributed by atoms with Gasteiger partial charge in [-0.3, -0.25) is 9.59 Å². The molecule has 1 N–H and O–H groups in total. The van der Waals surface area contributed by atoms with Crippen molar-refractivity contribution in [1.29, 1.82) is 0 Å². The van der Waals surface area contributed by atoms with Crippen molar-refractivity contribution < 1.29 is 14.0 Å². The summed E-state index contributed by atoms with van der Waals surface area (Å²) in [6.45, 7) is 3.73. The summed E-state index contributed by atoms with van der Waals surface area (Å²) < 4.78 is 13.6. The molecule has 2 rings (SSSR count). The molecule has 5 heteroatoms. The van der Waals surface area contributed by atoms with Crippen molar-refractivity contribution in [3.8, 4) is 0 Å². The number of benzene rings is 2. The molecule has 24 heavy (non-hydrogen) atoms. The molecule has 0 radical (unpaired) electrons. The van der Waals surface area contributed by atoms with Crippen LogP contribution in [-0.4, -0.2) is 18.4 Å². The van der Waals surface area contributed by atoms with Crippen LogP contribution in [0.4, 0.5) is 15.8 Å². The fourth-order valence-corrected chi connectivity index (χ4v) is 2.51. The van der Waals surface area contributed by atoms with Gasteiger partial charge < -0.3 is 10.2 Å². The Balaban J connectivity index is 2.05. The minimum Gasteiger partial charge on any atom is -0.324 e. The lowest BCUT2D eigenvalue weighted by Gasteiger charge is -2.23. The predicted octanol–water partition coefficient (Wildman–Crippen LogP) is 3.77. The Bertz CT molecular complexity index is 731. The zero-order valence-electron chi connectivity index (χ0n) is 13.9. The summed E-state index contributed by atoms with van der Waals surface area (Å²) in [5.74, 6) is -0.944. The van der Waals surface area contributed by atoms with E-state index < -0.39 is 5.82 Å². The van der Waals surface area contributed by atoms with E-state index in [-0.39, 0.29) is 30.5 Å². The molecular weight excluding hydrogens is 307 g/mol. The highest BCUT2D eigenvalue weighted by Gasteiger charge is 2.16. The number of aryl methyl sites for hydroxylation is 1. The molecule has 2 aromatic carbocycles. The van der Waals surface area contributed by atoms with Crippen LogP contribution >= 0.6 is 0 Å². The van der Waals surface area contributed by atoms with E-state index in [9.17, 15) is 14.0 Å². The van der Waals surface area contributed by atoms with Gasteiger partial charge in [-0.25, -0.2) is 4.39 Å². The van der Waals surface area contributed by atoms with Gasteiger partial charge >= 0.3 is 0 Å². The van der Waals surface area contributed by atoms with Crippen LogP contribution in [0, 0.1) is 5.82 Å². The number of para-hydroxylation sites is 2. The summed E-state index contributed by atoms with van der Waals surface area (Å²) in [7, 11) is 0. The number of hydrogen-bond donors (Lipinski definition) is 1. The van der Waals surface area contributed by atoms with Crippen molar-refractivity contribution >= 4 is 23.2 Å². The van der Waals surface area contributed by atoms with Gasteiger partial charge in [0.15, 0.2) is 0 Å². The Morgan fingerprint density at radius 2 is 1.75 bits per heavy atom. The second-order valence-electron chi connectivity index (χ2n) is 5.43. The molecule has 0 aliphatic heterocycles. The third-order valence-corrected chi connectivity index (χ3v) is 3.75. The number of hydrogen-bond acceptors (Lipinski definition) is 2. The Kier molecular flexibility index (Phi) is 6.07. The summed E-state index contributed by atoms with van der Waals surface area (Å²) >= 11 is 0. The van der Waals surface area contributed by atoms with Crippen LogP contribution in [0.1, 0.15) is 25.8 Å². The Labute approximate surface area is 141 Å². The molecule has 0 aromatic heterocycles. The van der Waals surface area contributed by atoms with Crippen LogP contribution in [0.15, 0.2) is 48.5 Å². The van der Waals surface area contributed by atoms with Gasteiger partial charge in [-0.15, -0.1) is 0 Å². The molecule has 0 bridgehead atoms. The smallest absolute Gasteiger partial charge is 0.226 e. The Morgan fingerprint density at radius 3 is 2.42 bits per heavy atom. The number of rotatable bonds is 6. The van der Waals surface area contributed by atoms with Gasteiger partial charge in [-0.2, -0.15) is 0 Å². The Hall–Kier alpha value is -2.69. The molecule has 0 atom stereocenters. The maximum absolute atomic E-state index is 13.6. The first kappa shape index (κ1) is 17.7. The van der Waals surface area contributed by atoms with E-state index in [1.807, 2.05) is 31.2 Å². The largest absolute Gasteiger partial charge is 0.324 e. The monoisotopic (exact) mass is 328 g/mol. The molecule has 2 aromatic rings. The first-order valence-corrected chi connectivity index (χ1v) is 7.93. The minimum absolute atomic E-state index is 0.0892. The maximum atomic E-state index is 13.6. The minimum atomic E-state index is -0.481. The van der Waals surface area contributed by atoms with Crippen LogP contribution in [0.3, 0.4) is 0 Å². The third-order valence-electron chi connectivity index (χ3n) is 3.75. The molecule has 0 saturated heterocycles. The van der Waals surface area contributed by atoms with Crippen LogP contribution < -0.4 is 10.2 Å². The van der Waals surface area contributed by atoms with Gasteiger partial charge in [0.05, 0.1) is 5.69 Å². The van der Waals surface area contributed by atoms with Gasteiger partial charge in [0.1, 0.15) is 5.82 Å². The van der Waals surface area contributed by atoms with Gasteiger partial charge in [-0.05, 0) is 30.2 Å². The number of anilines is 2. The highest BCUT2D eigenvalue weighted by molar-refractivity contribution is 5.95. The summed E-state index contributed by atoms with van der Waals surface area (Å²) in [4.78, 5) is 25.6. The zero-order valence-corrected chi connectivity index (χ0v) is 13.9. The lowest BCUT2D eigenvalue weighted by molar-refractivity contribution is -0.117. The maximum Gasteiger partial charge on any atom is 0.226 e. The average molecular weight is 328 g/mol. The van der Waals surface area contributed by atoms with Gasteiger partial charge in [0.25, 0.3) is 0 Å². The fourth-order valence-electron chi connectivity index (χ4n) is 2.51. The first-order valence-electron chi connectivity index (χ1n) is 7.93. The van der Waals surface area contributed by atoms with E-state index in [0.717, 1.165) is 17.7 Å². The molecule has 0 fully saturated rings. The number of amides is 2. The van der Waals surface area contributed by atoms with Crippen molar-refractivity contribution in [3.05, 3.63) is 59.9 Å². The summed E-state index contributed by atoms with van der Waals surface area (Å²) in [5.41, 5.74) is 2.00. The van der Waals surface area contributed by atoms with Crippen molar-refractivity contribution in [2.45, 2.75) is 26.7 Å². The van der Waals surface area contributed by atoms with E-state index in [1.165, 1.54) is 19.1 Å². The van der Waals surface area contributed by atoms with Crippen molar-refractivity contribution in [2.75, 3.05) is 16.8 Å². The second-order valence-corrected chi connectivity index (χ2v) is 5.43. The predicted molar refractivity (Wildman–Crippen MR) is 93.5 cm³/mol. The molecule has 4 nitrogen and oxygen atoms in total. The molecule has 0 spiro atoms. The summed E-state index contributed by atoms with van der Waals surface area (Å²) in [5, 5.41) is 2.53. The molecule has 2 amide bonds. The van der Waals surface area contributed by atoms with Gasteiger partial charge in [-0.1, -0.05) is 37.3 Å². The summed E-state index contributed by atoms with van der Waals surface area (Å²) in [6.07, 6.45) is 0.882. The summed E-state index contributed by atoms with van der Waals surface area (Å²) in [6, 6.07) is 13.6. The number of halogens is 1. The van der Waals surface area contributed by atoms with E-state index >= 15 is 0 Å². The van der Waals surface area contributed by atoms with Crippen LogP contribution in [0.5, 0.6) is 0 Å². The fraction of sp³-hybridized carbons (Fsp3) is 0.263. The number of carbonyl (C=O) groups excluding carboxylic acids is 2. The Morgan fingerprint density at radius 1 is 1.08 bits per heavy atom. The highest BCUT2D eigenvalue weighted by atomic mass is 19.1. The third kappa shape index (κ3) is 4.41. The normalized spacial score (nSPS) is 10.3. The van der Waals surface area contributed by atoms with Crippen molar-refractivity contribution in [2.24, 2.45) is 0 Å². The van der Waals surface area contributed by atoms with Crippen molar-refractivity contribution in [3.63, 3.8) is 0 Å². The van der Waals surface area contributed by atoms with E-state index in [1.54, 1.807) is 17.0 Å². The van der Waals surface area contributed by atoms with Crippen LogP contribution in [0.25, 0.3) is 0 Å². The lowest BCUT2D eigenvalue weighted by atomic mass is 10.1. The molecule has 0 aliphatic rings. The zero-order chi connectivity index (χ0) is 17.5. The topological polar surface area (TPSA) is 49.4 Å². The van der Waals surface area contributed by atoms with Crippen LogP contribution in [0.2, 0.25) is 0 Å². The molecule has 0 aliphatic carbocycles. The number of nitrogens with one attached hydrogen (secondary N) is 1. The molecule has 126 valence electrons. The van der Waals surface area contributed by atoms with E-state index in [4.69, 9.17) is 0 Å². The van der Waals surface area contributed by atoms with E-state index in [2.05, 4.69) is 5.32 Å². The highest BCUT2D eigenvalue weighted by Crippen LogP contribution is 2.21. The molecular formula is C19H21FN2O2. The van der Waals surface area contributed by atoms with Gasteiger partial charge in [0.2, 0.25) is 11.8 Å².